The fourth-order valence-electron chi connectivity index (χ4n) is 1.53. The first-order chi connectivity index (χ1) is 9.02. The van der Waals surface area contributed by atoms with Crippen LogP contribution in [0.1, 0.15) is 5.69 Å². The first-order valence-electron chi connectivity index (χ1n) is 5.41. The van der Waals surface area contributed by atoms with E-state index in [0.717, 1.165) is 4.47 Å². The SMILES string of the molecule is O=C(Cc1cc(=O)[nH]c(=O)[nH]1)Nc1ccc(Br)cc1. The normalized spacial score (nSPS) is 10.2. The summed E-state index contributed by atoms with van der Waals surface area (Å²) in [6.45, 7) is 0. The summed E-state index contributed by atoms with van der Waals surface area (Å²) in [5, 5.41) is 2.66. The zero-order valence-electron chi connectivity index (χ0n) is 9.70. The molecule has 0 unspecified atom stereocenters. The van der Waals surface area contributed by atoms with Crippen LogP contribution in [-0.2, 0) is 11.2 Å². The van der Waals surface area contributed by atoms with Crippen molar-refractivity contribution < 1.29 is 4.79 Å². The average Bonchev–Trinajstić information content (AvgIpc) is 2.30. The van der Waals surface area contributed by atoms with Crippen molar-refractivity contribution in [2.45, 2.75) is 6.42 Å². The summed E-state index contributed by atoms with van der Waals surface area (Å²) >= 11 is 3.29. The molecule has 1 heterocycles. The maximum absolute atomic E-state index is 11.7. The number of halogens is 1. The van der Waals surface area contributed by atoms with E-state index in [0.29, 0.717) is 5.69 Å². The van der Waals surface area contributed by atoms with E-state index in [1.807, 2.05) is 4.98 Å². The summed E-state index contributed by atoms with van der Waals surface area (Å²) in [7, 11) is 0. The zero-order chi connectivity index (χ0) is 13.8. The van der Waals surface area contributed by atoms with Crippen LogP contribution in [0.2, 0.25) is 0 Å². The number of H-pyrrole nitrogens is 2. The Labute approximate surface area is 116 Å². The molecule has 0 saturated carbocycles. The first kappa shape index (κ1) is 13.3. The number of hydrogen-bond acceptors (Lipinski definition) is 3. The van der Waals surface area contributed by atoms with Crippen molar-refractivity contribution in [3.8, 4) is 0 Å². The highest BCUT2D eigenvalue weighted by Gasteiger charge is 2.05. The predicted molar refractivity (Wildman–Crippen MR) is 74.2 cm³/mol. The third-order valence-corrected chi connectivity index (χ3v) is 2.82. The molecule has 1 aromatic heterocycles. The van der Waals surface area contributed by atoms with Crippen LogP contribution in [0.4, 0.5) is 5.69 Å². The number of aromatic amines is 2. The number of anilines is 1. The molecule has 7 heteroatoms. The van der Waals surface area contributed by atoms with Crippen LogP contribution < -0.4 is 16.6 Å². The lowest BCUT2D eigenvalue weighted by Gasteiger charge is -2.05. The number of nitrogens with one attached hydrogen (secondary N) is 3. The van der Waals surface area contributed by atoms with Gasteiger partial charge in [0.25, 0.3) is 5.56 Å². The van der Waals surface area contributed by atoms with E-state index in [1.54, 1.807) is 24.3 Å². The van der Waals surface area contributed by atoms with Crippen molar-refractivity contribution in [1.29, 1.82) is 0 Å². The summed E-state index contributed by atoms with van der Waals surface area (Å²) in [5.74, 6) is -0.316. The van der Waals surface area contributed by atoms with Gasteiger partial charge in [0.2, 0.25) is 5.91 Å². The molecule has 0 aliphatic carbocycles. The van der Waals surface area contributed by atoms with Crippen LogP contribution in [-0.4, -0.2) is 15.9 Å². The van der Waals surface area contributed by atoms with Gasteiger partial charge in [-0.15, -0.1) is 0 Å². The Morgan fingerprint density at radius 1 is 1.16 bits per heavy atom. The van der Waals surface area contributed by atoms with Gasteiger partial charge >= 0.3 is 5.69 Å². The number of hydrogen-bond donors (Lipinski definition) is 3. The monoisotopic (exact) mass is 323 g/mol. The number of rotatable bonds is 3. The fraction of sp³-hybridized carbons (Fsp3) is 0.0833. The van der Waals surface area contributed by atoms with Crippen LogP contribution in [0.25, 0.3) is 0 Å². The third-order valence-electron chi connectivity index (χ3n) is 2.30. The molecule has 98 valence electrons. The quantitative estimate of drug-likeness (QED) is 0.786. The van der Waals surface area contributed by atoms with E-state index in [-0.39, 0.29) is 18.0 Å². The minimum absolute atomic E-state index is 0.0742. The van der Waals surface area contributed by atoms with Gasteiger partial charge in [0.05, 0.1) is 6.42 Å². The van der Waals surface area contributed by atoms with E-state index < -0.39 is 11.2 Å². The van der Waals surface area contributed by atoms with E-state index in [4.69, 9.17) is 0 Å². The van der Waals surface area contributed by atoms with Gasteiger partial charge in [-0.25, -0.2) is 4.79 Å². The van der Waals surface area contributed by atoms with Gasteiger partial charge in [0, 0.05) is 21.9 Å². The van der Waals surface area contributed by atoms with Gasteiger partial charge < -0.3 is 10.3 Å². The number of amides is 1. The maximum atomic E-state index is 11.7. The molecule has 3 N–H and O–H groups in total. The molecule has 19 heavy (non-hydrogen) atoms. The molecule has 1 amide bonds. The summed E-state index contributed by atoms with van der Waals surface area (Å²) in [4.78, 5) is 38.3. The molecule has 2 rings (SSSR count). The molecule has 0 fully saturated rings. The van der Waals surface area contributed by atoms with Gasteiger partial charge in [-0.2, -0.15) is 0 Å². The summed E-state index contributed by atoms with van der Waals surface area (Å²) in [6, 6.07) is 8.25. The van der Waals surface area contributed by atoms with Gasteiger partial charge in [0.1, 0.15) is 0 Å². The van der Waals surface area contributed by atoms with Gasteiger partial charge in [-0.05, 0) is 24.3 Å². The molecule has 0 spiro atoms. The van der Waals surface area contributed by atoms with Gasteiger partial charge in [0.15, 0.2) is 0 Å². The molecular formula is C12H10BrN3O3. The van der Waals surface area contributed by atoms with Crippen molar-refractivity contribution in [3.63, 3.8) is 0 Å². The standard InChI is InChI=1S/C12H10BrN3O3/c13-7-1-3-8(4-2-7)14-10(17)5-9-6-11(18)16-12(19)15-9/h1-4,6H,5H2,(H,14,17)(H2,15,16,18,19). The smallest absolute Gasteiger partial charge is 0.325 e. The Bertz CT molecular complexity index is 675. The number of aromatic nitrogens is 2. The third kappa shape index (κ3) is 3.92. The minimum Gasteiger partial charge on any atom is -0.326 e. The second-order valence-corrected chi connectivity index (χ2v) is 4.76. The van der Waals surface area contributed by atoms with E-state index in [1.165, 1.54) is 6.07 Å². The van der Waals surface area contributed by atoms with E-state index in [9.17, 15) is 14.4 Å². The maximum Gasteiger partial charge on any atom is 0.325 e. The van der Waals surface area contributed by atoms with Crippen LogP contribution >= 0.6 is 15.9 Å². The summed E-state index contributed by atoms with van der Waals surface area (Å²) < 4.78 is 0.907. The topological polar surface area (TPSA) is 94.8 Å². The van der Waals surface area contributed by atoms with Gasteiger partial charge in [-0.3, -0.25) is 14.6 Å². The summed E-state index contributed by atoms with van der Waals surface area (Å²) in [6.07, 6.45) is -0.0742. The highest BCUT2D eigenvalue weighted by molar-refractivity contribution is 9.10. The molecule has 0 atom stereocenters. The van der Waals surface area contributed by atoms with Crippen molar-refractivity contribution >= 4 is 27.5 Å². The van der Waals surface area contributed by atoms with Crippen molar-refractivity contribution in [2.75, 3.05) is 5.32 Å². The lowest BCUT2D eigenvalue weighted by Crippen LogP contribution is -2.25. The molecule has 0 radical (unpaired) electrons. The Morgan fingerprint density at radius 3 is 2.47 bits per heavy atom. The molecule has 6 nitrogen and oxygen atoms in total. The first-order valence-corrected chi connectivity index (χ1v) is 6.20. The second kappa shape index (κ2) is 5.66. The highest BCUT2D eigenvalue weighted by Crippen LogP contribution is 2.14. The van der Waals surface area contributed by atoms with E-state index in [2.05, 4.69) is 26.2 Å². The molecular weight excluding hydrogens is 314 g/mol. The van der Waals surface area contributed by atoms with Crippen LogP contribution in [0.5, 0.6) is 0 Å². The molecule has 0 aliphatic heterocycles. The Balaban J connectivity index is 2.07. The minimum atomic E-state index is -0.626. The van der Waals surface area contributed by atoms with Crippen molar-refractivity contribution in [3.05, 3.63) is 61.3 Å². The molecule has 0 bridgehead atoms. The van der Waals surface area contributed by atoms with Crippen LogP contribution in [0.15, 0.2) is 44.4 Å². The van der Waals surface area contributed by atoms with Crippen molar-refractivity contribution in [2.24, 2.45) is 0 Å². The lowest BCUT2D eigenvalue weighted by atomic mass is 10.2. The Kier molecular flexibility index (Phi) is 3.96. The fourth-order valence-corrected chi connectivity index (χ4v) is 1.79. The molecule has 0 aliphatic rings. The van der Waals surface area contributed by atoms with Crippen LogP contribution in [0.3, 0.4) is 0 Å². The largest absolute Gasteiger partial charge is 0.326 e. The number of carbonyl (C=O) groups is 1. The highest BCUT2D eigenvalue weighted by atomic mass is 79.9. The van der Waals surface area contributed by atoms with E-state index >= 15 is 0 Å². The lowest BCUT2D eigenvalue weighted by molar-refractivity contribution is -0.115. The molecule has 1 aromatic carbocycles. The average molecular weight is 324 g/mol. The predicted octanol–water partition coefficient (Wildman–Crippen LogP) is 1.01. The summed E-state index contributed by atoms with van der Waals surface area (Å²) in [5.41, 5.74) is -0.252. The molecule has 0 saturated heterocycles. The van der Waals surface area contributed by atoms with Gasteiger partial charge in [-0.1, -0.05) is 15.9 Å². The Morgan fingerprint density at radius 2 is 1.84 bits per heavy atom. The number of carbonyl (C=O) groups excluding carboxylic acids is 1. The van der Waals surface area contributed by atoms with Crippen molar-refractivity contribution in [1.82, 2.24) is 9.97 Å². The Hall–Kier alpha value is -2.15. The molecule has 2 aromatic rings. The van der Waals surface area contributed by atoms with Crippen LogP contribution in [0, 0.1) is 0 Å². The zero-order valence-corrected chi connectivity index (χ0v) is 11.3. The number of benzene rings is 1. The second-order valence-electron chi connectivity index (χ2n) is 3.84.